The Morgan fingerprint density at radius 2 is 1.95 bits per heavy atom. The Bertz CT molecular complexity index is 520. The van der Waals surface area contributed by atoms with Crippen LogP contribution >= 0.6 is 12.2 Å². The Kier molecular flexibility index (Phi) is 5.04. The summed E-state index contributed by atoms with van der Waals surface area (Å²) in [6.45, 7) is 2.20. The van der Waals surface area contributed by atoms with Crippen molar-refractivity contribution in [2.75, 3.05) is 5.32 Å². The lowest BCUT2D eigenvalue weighted by Gasteiger charge is -2.07. The predicted molar refractivity (Wildman–Crippen MR) is 84.6 cm³/mol. The summed E-state index contributed by atoms with van der Waals surface area (Å²) < 4.78 is 0. The van der Waals surface area contributed by atoms with Crippen LogP contribution in [0.3, 0.4) is 0 Å². The fourth-order valence-electron chi connectivity index (χ4n) is 1.80. The van der Waals surface area contributed by atoms with Gasteiger partial charge in [0.25, 0.3) is 0 Å². The number of pyridine rings is 1. The van der Waals surface area contributed by atoms with Crippen LogP contribution in [0, 0.1) is 0 Å². The normalized spacial score (nSPS) is 10.2. The van der Waals surface area contributed by atoms with Crippen molar-refractivity contribution in [1.82, 2.24) is 4.98 Å². The number of aryl methyl sites for hydroxylation is 1. The maximum absolute atomic E-state index is 5.36. The summed E-state index contributed by atoms with van der Waals surface area (Å²) in [6.07, 6.45) is 5.41. The minimum absolute atomic E-state index is 0.660. The quantitative estimate of drug-likeness (QED) is 0.824. The molecule has 0 saturated heterocycles. The average molecular weight is 270 g/mol. The Labute approximate surface area is 119 Å². The molecule has 0 amide bonds. The maximum atomic E-state index is 5.36. The van der Waals surface area contributed by atoms with Crippen LogP contribution in [0.25, 0.3) is 0 Å². The second-order valence-electron chi connectivity index (χ2n) is 4.48. The van der Waals surface area contributed by atoms with Gasteiger partial charge in [-0.05, 0) is 36.6 Å². The molecule has 3 heteroatoms. The van der Waals surface area contributed by atoms with Crippen LogP contribution < -0.4 is 5.32 Å². The number of hydrogen-bond donors (Lipinski definition) is 1. The van der Waals surface area contributed by atoms with Crippen molar-refractivity contribution in [3.63, 3.8) is 0 Å². The molecule has 98 valence electrons. The highest BCUT2D eigenvalue weighted by molar-refractivity contribution is 7.81. The van der Waals surface area contributed by atoms with Crippen molar-refractivity contribution >= 4 is 22.9 Å². The molecule has 1 heterocycles. The summed E-state index contributed by atoms with van der Waals surface area (Å²) in [5.74, 6) is 0. The minimum Gasteiger partial charge on any atom is -0.345 e. The maximum Gasteiger partial charge on any atom is 0.129 e. The van der Waals surface area contributed by atoms with E-state index >= 15 is 0 Å². The van der Waals surface area contributed by atoms with E-state index in [-0.39, 0.29) is 0 Å². The van der Waals surface area contributed by atoms with Crippen LogP contribution in [0.5, 0.6) is 0 Å². The molecule has 1 N–H and O–H groups in total. The molecular formula is C16H18N2S. The number of nitrogens with zero attached hydrogens (tertiary/aromatic N) is 1. The zero-order valence-electron chi connectivity index (χ0n) is 11.1. The molecule has 1 aromatic heterocycles. The topological polar surface area (TPSA) is 24.9 Å². The number of thiocarbonyl (C=S) groups is 1. The molecule has 0 aliphatic carbocycles. The first-order valence-electron chi connectivity index (χ1n) is 6.61. The molecule has 0 unspecified atom stereocenters. The SMILES string of the molecule is CCCCc1ccc(C(=S)Nc2ccccc2)nc1. The van der Waals surface area contributed by atoms with E-state index in [0.29, 0.717) is 4.99 Å². The van der Waals surface area contributed by atoms with Gasteiger partial charge in [0.2, 0.25) is 0 Å². The molecule has 0 atom stereocenters. The fourth-order valence-corrected chi connectivity index (χ4v) is 2.04. The third-order valence-corrected chi connectivity index (χ3v) is 3.22. The van der Waals surface area contributed by atoms with Gasteiger partial charge in [-0.25, -0.2) is 0 Å². The standard InChI is InChI=1S/C16H18N2S/c1-2-3-7-13-10-11-15(17-12-13)16(19)18-14-8-5-4-6-9-14/h4-6,8-12H,2-3,7H2,1H3,(H,18,19). The van der Waals surface area contributed by atoms with Crippen molar-refractivity contribution in [3.8, 4) is 0 Å². The third-order valence-electron chi connectivity index (χ3n) is 2.91. The highest BCUT2D eigenvalue weighted by Crippen LogP contribution is 2.10. The number of rotatable bonds is 5. The highest BCUT2D eigenvalue weighted by atomic mass is 32.1. The van der Waals surface area contributed by atoms with Crippen LogP contribution in [-0.4, -0.2) is 9.97 Å². The number of aromatic nitrogens is 1. The Morgan fingerprint density at radius 1 is 1.16 bits per heavy atom. The monoisotopic (exact) mass is 270 g/mol. The van der Waals surface area contributed by atoms with Crippen LogP contribution in [0.1, 0.15) is 31.0 Å². The summed E-state index contributed by atoms with van der Waals surface area (Å²) in [5.41, 5.74) is 3.08. The second-order valence-corrected chi connectivity index (χ2v) is 4.88. The van der Waals surface area contributed by atoms with Gasteiger partial charge < -0.3 is 5.32 Å². The predicted octanol–water partition coefficient (Wildman–Crippen LogP) is 4.21. The van der Waals surface area contributed by atoms with E-state index in [4.69, 9.17) is 12.2 Å². The second kappa shape index (κ2) is 7.00. The Morgan fingerprint density at radius 3 is 2.58 bits per heavy atom. The van der Waals surface area contributed by atoms with Crippen molar-refractivity contribution in [3.05, 3.63) is 59.9 Å². The molecule has 19 heavy (non-hydrogen) atoms. The fraction of sp³-hybridized carbons (Fsp3) is 0.250. The van der Waals surface area contributed by atoms with E-state index in [0.717, 1.165) is 17.8 Å². The van der Waals surface area contributed by atoms with Gasteiger partial charge in [-0.1, -0.05) is 49.8 Å². The molecule has 0 saturated carbocycles. The molecular weight excluding hydrogens is 252 g/mol. The van der Waals surface area contributed by atoms with Crippen molar-refractivity contribution in [1.29, 1.82) is 0 Å². The van der Waals surface area contributed by atoms with E-state index in [2.05, 4.69) is 23.3 Å². The Balaban J connectivity index is 1.99. The average Bonchev–Trinajstić information content (AvgIpc) is 2.46. The molecule has 2 nitrogen and oxygen atoms in total. The van der Waals surface area contributed by atoms with E-state index in [9.17, 15) is 0 Å². The molecule has 1 aromatic carbocycles. The van der Waals surface area contributed by atoms with E-state index < -0.39 is 0 Å². The van der Waals surface area contributed by atoms with Crippen LogP contribution in [-0.2, 0) is 6.42 Å². The Hall–Kier alpha value is -1.74. The zero-order chi connectivity index (χ0) is 13.5. The van der Waals surface area contributed by atoms with Crippen LogP contribution in [0.15, 0.2) is 48.7 Å². The highest BCUT2D eigenvalue weighted by Gasteiger charge is 2.03. The van der Waals surface area contributed by atoms with Crippen molar-refractivity contribution < 1.29 is 0 Å². The van der Waals surface area contributed by atoms with Crippen molar-refractivity contribution in [2.24, 2.45) is 0 Å². The minimum atomic E-state index is 0.660. The number of unbranched alkanes of at least 4 members (excludes halogenated alkanes) is 1. The zero-order valence-corrected chi connectivity index (χ0v) is 11.9. The number of hydrogen-bond acceptors (Lipinski definition) is 2. The summed E-state index contributed by atoms with van der Waals surface area (Å²) in [4.78, 5) is 5.08. The molecule has 0 bridgehead atoms. The molecule has 0 aliphatic heterocycles. The van der Waals surface area contributed by atoms with Crippen LogP contribution in [0.2, 0.25) is 0 Å². The number of nitrogens with one attached hydrogen (secondary N) is 1. The van der Waals surface area contributed by atoms with Gasteiger partial charge in [0.15, 0.2) is 0 Å². The first-order valence-corrected chi connectivity index (χ1v) is 7.01. The number of anilines is 1. The lowest BCUT2D eigenvalue weighted by Crippen LogP contribution is -2.12. The number of benzene rings is 1. The lowest BCUT2D eigenvalue weighted by atomic mass is 10.1. The van der Waals surface area contributed by atoms with E-state index in [1.807, 2.05) is 42.6 Å². The van der Waals surface area contributed by atoms with Gasteiger partial charge in [-0.2, -0.15) is 0 Å². The van der Waals surface area contributed by atoms with Crippen LogP contribution in [0.4, 0.5) is 5.69 Å². The van der Waals surface area contributed by atoms with Gasteiger partial charge in [-0.3, -0.25) is 4.98 Å². The smallest absolute Gasteiger partial charge is 0.129 e. The van der Waals surface area contributed by atoms with Gasteiger partial charge in [0.1, 0.15) is 4.99 Å². The largest absolute Gasteiger partial charge is 0.345 e. The van der Waals surface area contributed by atoms with E-state index in [1.165, 1.54) is 18.4 Å². The first kappa shape index (κ1) is 13.7. The van der Waals surface area contributed by atoms with Gasteiger partial charge in [0.05, 0.1) is 5.69 Å². The summed E-state index contributed by atoms with van der Waals surface area (Å²) >= 11 is 5.36. The molecule has 0 radical (unpaired) electrons. The van der Waals surface area contributed by atoms with E-state index in [1.54, 1.807) is 0 Å². The van der Waals surface area contributed by atoms with Gasteiger partial charge >= 0.3 is 0 Å². The summed E-state index contributed by atoms with van der Waals surface area (Å²) in [7, 11) is 0. The molecule has 0 fully saturated rings. The third kappa shape index (κ3) is 4.14. The molecule has 2 rings (SSSR count). The molecule has 0 aliphatic rings. The van der Waals surface area contributed by atoms with Crippen molar-refractivity contribution in [2.45, 2.75) is 26.2 Å². The summed E-state index contributed by atoms with van der Waals surface area (Å²) in [6, 6.07) is 14.0. The molecule has 0 spiro atoms. The van der Waals surface area contributed by atoms with Gasteiger partial charge in [0, 0.05) is 11.9 Å². The van der Waals surface area contributed by atoms with Gasteiger partial charge in [-0.15, -0.1) is 0 Å². The summed E-state index contributed by atoms with van der Waals surface area (Å²) in [5, 5.41) is 3.19. The molecule has 2 aromatic rings. The number of para-hydroxylation sites is 1. The first-order chi connectivity index (χ1) is 9.29. The lowest BCUT2D eigenvalue weighted by molar-refractivity contribution is 0.792.